The third-order valence-corrected chi connectivity index (χ3v) is 6.43. The van der Waals surface area contributed by atoms with Gasteiger partial charge in [0, 0.05) is 30.9 Å². The highest BCUT2D eigenvalue weighted by Gasteiger charge is 2.16. The van der Waals surface area contributed by atoms with Crippen LogP contribution in [-0.4, -0.2) is 22.6 Å². The maximum atomic E-state index is 12.6. The number of anilines is 1. The molecule has 2 aromatic carbocycles. The molecule has 0 radical (unpaired) electrons. The van der Waals surface area contributed by atoms with Gasteiger partial charge in [0.1, 0.15) is 11.3 Å². The maximum absolute atomic E-state index is 12.6. The van der Waals surface area contributed by atoms with E-state index in [4.69, 9.17) is 9.15 Å². The summed E-state index contributed by atoms with van der Waals surface area (Å²) in [6.45, 7) is 9.99. The van der Waals surface area contributed by atoms with E-state index in [9.17, 15) is 9.59 Å². The highest BCUT2D eigenvalue weighted by molar-refractivity contribution is 7.99. The van der Waals surface area contributed by atoms with E-state index < -0.39 is 0 Å². The van der Waals surface area contributed by atoms with Crippen LogP contribution in [0.4, 0.5) is 5.69 Å². The van der Waals surface area contributed by atoms with Crippen molar-refractivity contribution in [1.82, 2.24) is 4.98 Å². The molecule has 0 atom stereocenters. The van der Waals surface area contributed by atoms with E-state index in [0.29, 0.717) is 40.3 Å². The van der Waals surface area contributed by atoms with Crippen molar-refractivity contribution in [3.05, 3.63) is 47.5 Å². The van der Waals surface area contributed by atoms with Gasteiger partial charge in [-0.2, -0.15) is 0 Å². The lowest BCUT2D eigenvalue weighted by Crippen LogP contribution is -2.15. The molecule has 0 fully saturated rings. The normalized spacial score (nSPS) is 11.4. The van der Waals surface area contributed by atoms with Crippen molar-refractivity contribution in [3.8, 4) is 5.75 Å². The van der Waals surface area contributed by atoms with Crippen LogP contribution in [0, 0.1) is 0 Å². The molecule has 1 amide bonds. The fourth-order valence-electron chi connectivity index (χ4n) is 3.80. The number of thioether (sulfide) groups is 1. The summed E-state index contributed by atoms with van der Waals surface area (Å²) in [7, 11) is 0. The first kappa shape index (κ1) is 25.8. The lowest BCUT2D eigenvalue weighted by atomic mass is 9.92. The highest BCUT2D eigenvalue weighted by Crippen LogP contribution is 2.32. The molecule has 0 unspecified atom stereocenters. The minimum Gasteiger partial charge on any atom is -0.431 e. The fourth-order valence-corrected chi connectivity index (χ4v) is 4.63. The summed E-state index contributed by atoms with van der Waals surface area (Å²) in [6, 6.07) is 11.4. The minimum atomic E-state index is -0.365. The first-order chi connectivity index (χ1) is 16.2. The number of amides is 1. The number of nitrogens with zero attached hydrogens (tertiary/aromatic N) is 1. The van der Waals surface area contributed by atoms with Gasteiger partial charge in [-0.1, -0.05) is 64.1 Å². The third-order valence-electron chi connectivity index (χ3n) is 5.51. The predicted molar refractivity (Wildman–Crippen MR) is 138 cm³/mol. The number of carbonyl (C=O) groups excluding carboxylic acids is 2. The van der Waals surface area contributed by atoms with Crippen molar-refractivity contribution in [2.75, 3.05) is 11.1 Å². The molecule has 34 heavy (non-hydrogen) atoms. The number of hydrogen-bond donors (Lipinski definition) is 1. The number of para-hydroxylation sites is 1. The van der Waals surface area contributed by atoms with E-state index in [1.165, 1.54) is 18.1 Å². The van der Waals surface area contributed by atoms with Gasteiger partial charge in [-0.05, 0) is 47.9 Å². The minimum absolute atomic E-state index is 0.0742. The number of oxazole rings is 1. The average molecular weight is 483 g/mol. The number of aromatic nitrogens is 1. The summed E-state index contributed by atoms with van der Waals surface area (Å²) < 4.78 is 10.8. The number of hydrogen-bond acceptors (Lipinski definition) is 6. The summed E-state index contributed by atoms with van der Waals surface area (Å²) in [5, 5.41) is 3.79. The van der Waals surface area contributed by atoms with Crippen LogP contribution in [0.2, 0.25) is 0 Å². The van der Waals surface area contributed by atoms with Crippen LogP contribution < -0.4 is 10.1 Å². The monoisotopic (exact) mass is 482 g/mol. The second kappa shape index (κ2) is 12.1. The highest BCUT2D eigenvalue weighted by atomic mass is 32.2. The number of nitrogens with one attached hydrogen (secondary N) is 1. The molecule has 0 saturated heterocycles. The zero-order chi connectivity index (χ0) is 24.7. The second-order valence-electron chi connectivity index (χ2n) is 9.03. The Morgan fingerprint density at radius 3 is 2.38 bits per heavy atom. The Morgan fingerprint density at radius 2 is 1.74 bits per heavy atom. The Labute approximate surface area is 205 Å². The summed E-state index contributed by atoms with van der Waals surface area (Å²) in [4.78, 5) is 28.2. The molecule has 0 aliphatic rings. The van der Waals surface area contributed by atoms with Crippen LogP contribution in [-0.2, 0) is 9.59 Å². The summed E-state index contributed by atoms with van der Waals surface area (Å²) in [5.41, 5.74) is 4.70. The molecule has 0 aliphatic carbocycles. The Balaban J connectivity index is 1.43. The van der Waals surface area contributed by atoms with Crippen molar-refractivity contribution >= 4 is 40.4 Å². The van der Waals surface area contributed by atoms with Gasteiger partial charge >= 0.3 is 5.97 Å². The number of ether oxygens (including phenoxy) is 1. The van der Waals surface area contributed by atoms with Gasteiger partial charge in [-0.25, -0.2) is 4.98 Å². The molecular weight excluding hydrogens is 448 g/mol. The smallest absolute Gasteiger partial charge is 0.308 e. The van der Waals surface area contributed by atoms with E-state index >= 15 is 0 Å². The number of unbranched alkanes of at least 4 members (excludes halogenated alkanes) is 2. The molecule has 0 bridgehead atoms. The van der Waals surface area contributed by atoms with Gasteiger partial charge in [-0.3, -0.25) is 9.59 Å². The Bertz CT molecular complexity index is 1110. The molecule has 0 saturated carbocycles. The van der Waals surface area contributed by atoms with Crippen LogP contribution >= 0.6 is 11.8 Å². The molecule has 1 N–H and O–H groups in total. The molecular formula is C27H34N2O4S. The van der Waals surface area contributed by atoms with Crippen molar-refractivity contribution < 1.29 is 18.7 Å². The largest absolute Gasteiger partial charge is 0.431 e. The molecule has 0 spiro atoms. The van der Waals surface area contributed by atoms with Crippen LogP contribution in [0.15, 0.2) is 46.0 Å². The van der Waals surface area contributed by atoms with E-state index in [0.717, 1.165) is 30.7 Å². The van der Waals surface area contributed by atoms with Gasteiger partial charge in [-0.15, -0.1) is 0 Å². The molecule has 3 rings (SSSR count). The van der Waals surface area contributed by atoms with Crippen molar-refractivity contribution in [3.63, 3.8) is 0 Å². The van der Waals surface area contributed by atoms with Gasteiger partial charge in [0.05, 0.1) is 0 Å². The number of rotatable bonds is 11. The van der Waals surface area contributed by atoms with Gasteiger partial charge in [0.15, 0.2) is 5.58 Å². The van der Waals surface area contributed by atoms with Crippen LogP contribution in [0.1, 0.15) is 83.3 Å². The molecule has 6 nitrogen and oxygen atoms in total. The van der Waals surface area contributed by atoms with Gasteiger partial charge < -0.3 is 14.5 Å². The van der Waals surface area contributed by atoms with Crippen LogP contribution in [0.5, 0.6) is 5.75 Å². The van der Waals surface area contributed by atoms with E-state index in [1.807, 2.05) is 0 Å². The van der Waals surface area contributed by atoms with Crippen molar-refractivity contribution in [2.24, 2.45) is 0 Å². The van der Waals surface area contributed by atoms with Crippen LogP contribution in [0.3, 0.4) is 0 Å². The lowest BCUT2D eigenvalue weighted by molar-refractivity contribution is -0.131. The van der Waals surface area contributed by atoms with Crippen molar-refractivity contribution in [1.29, 1.82) is 0 Å². The lowest BCUT2D eigenvalue weighted by Gasteiger charge is -2.20. The second-order valence-corrected chi connectivity index (χ2v) is 10.1. The standard InChI is InChI=1S/C27H34N2O4S/c1-17(2)21-10-9-11-22(18(3)4)26(21)29-25(31)12-7-6-8-15-34-27-28-23-16-20(32-19(5)30)13-14-24(23)33-27/h9-11,13-14,16-18H,6-8,12,15H2,1-5H3,(H,29,31). The first-order valence-electron chi connectivity index (χ1n) is 11.9. The Hall–Kier alpha value is -2.80. The topological polar surface area (TPSA) is 81.4 Å². The number of benzene rings is 2. The summed E-state index contributed by atoms with van der Waals surface area (Å²) in [5.74, 6) is 1.73. The SMILES string of the molecule is CC(=O)Oc1ccc2oc(SCCCCCC(=O)Nc3c(C(C)C)cccc3C(C)C)nc2c1. The summed E-state index contributed by atoms with van der Waals surface area (Å²) >= 11 is 1.55. The number of fused-ring (bicyclic) bond motifs is 1. The van der Waals surface area contributed by atoms with Crippen LogP contribution in [0.25, 0.3) is 11.1 Å². The average Bonchev–Trinajstić information content (AvgIpc) is 3.17. The molecule has 0 aliphatic heterocycles. The molecule has 1 aromatic heterocycles. The number of esters is 1. The zero-order valence-corrected chi connectivity index (χ0v) is 21.5. The molecule has 182 valence electrons. The quantitative estimate of drug-likeness (QED) is 0.134. The zero-order valence-electron chi connectivity index (χ0n) is 20.6. The predicted octanol–water partition coefficient (Wildman–Crippen LogP) is 7.29. The molecule has 3 aromatic rings. The van der Waals surface area contributed by atoms with Gasteiger partial charge in [0.2, 0.25) is 5.91 Å². The summed E-state index contributed by atoms with van der Waals surface area (Å²) in [6.07, 6.45) is 3.28. The van der Waals surface area contributed by atoms with E-state index in [1.54, 1.807) is 30.0 Å². The fraction of sp³-hybridized carbons (Fsp3) is 0.444. The van der Waals surface area contributed by atoms with Gasteiger partial charge in [0.25, 0.3) is 5.22 Å². The Morgan fingerprint density at radius 1 is 1.03 bits per heavy atom. The maximum Gasteiger partial charge on any atom is 0.308 e. The van der Waals surface area contributed by atoms with Crippen molar-refractivity contribution in [2.45, 2.75) is 77.4 Å². The first-order valence-corrected chi connectivity index (χ1v) is 12.9. The van der Waals surface area contributed by atoms with E-state index in [2.05, 4.69) is 56.2 Å². The number of carbonyl (C=O) groups is 2. The molecule has 1 heterocycles. The third kappa shape index (κ3) is 7.10. The van der Waals surface area contributed by atoms with E-state index in [-0.39, 0.29) is 11.9 Å². The Kier molecular flexibility index (Phi) is 9.16. The molecule has 7 heteroatoms.